The van der Waals surface area contributed by atoms with Crippen molar-refractivity contribution in [2.45, 2.75) is 19.4 Å². The third kappa shape index (κ3) is 2.76. The van der Waals surface area contributed by atoms with Crippen LogP contribution >= 0.6 is 0 Å². The Morgan fingerprint density at radius 2 is 2.41 bits per heavy atom. The van der Waals surface area contributed by atoms with Crippen LogP contribution in [0.1, 0.15) is 13.3 Å². The van der Waals surface area contributed by atoms with Crippen LogP contribution in [0.5, 0.6) is 0 Å². The van der Waals surface area contributed by atoms with Gasteiger partial charge in [-0.15, -0.1) is 0 Å². The number of carbonyl (C=O) groups excluding carboxylic acids is 1. The summed E-state index contributed by atoms with van der Waals surface area (Å²) >= 11 is 0. The van der Waals surface area contributed by atoms with Crippen LogP contribution in [0.15, 0.2) is 12.4 Å². The van der Waals surface area contributed by atoms with Gasteiger partial charge in [-0.2, -0.15) is 5.10 Å². The molecule has 0 radical (unpaired) electrons. The van der Waals surface area contributed by atoms with Gasteiger partial charge in [-0.25, -0.2) is 4.79 Å². The van der Waals surface area contributed by atoms with E-state index in [0.29, 0.717) is 18.8 Å². The van der Waals surface area contributed by atoms with E-state index in [-0.39, 0.29) is 11.9 Å². The zero-order chi connectivity index (χ0) is 12.4. The van der Waals surface area contributed by atoms with E-state index in [0.717, 1.165) is 6.42 Å². The van der Waals surface area contributed by atoms with E-state index in [1.165, 1.54) is 0 Å². The molecule has 2 heterocycles. The molecule has 6 heteroatoms. The number of amides is 2. The van der Waals surface area contributed by atoms with Gasteiger partial charge in [-0.05, 0) is 12.3 Å². The highest BCUT2D eigenvalue weighted by Crippen LogP contribution is 2.17. The van der Waals surface area contributed by atoms with Crippen LogP contribution in [0.25, 0.3) is 0 Å². The molecule has 1 aliphatic heterocycles. The summed E-state index contributed by atoms with van der Waals surface area (Å²) in [5.74, 6) is 0.262. The topological polar surface area (TPSA) is 70.4 Å². The van der Waals surface area contributed by atoms with Gasteiger partial charge in [0.15, 0.2) is 0 Å². The number of aryl methyl sites for hydroxylation is 1. The molecule has 94 valence electrons. The first-order valence-electron chi connectivity index (χ1n) is 5.79. The molecule has 2 rings (SSSR count). The summed E-state index contributed by atoms with van der Waals surface area (Å²) < 4.78 is 1.63. The van der Waals surface area contributed by atoms with E-state index in [9.17, 15) is 9.90 Å². The van der Waals surface area contributed by atoms with Crippen LogP contribution in [0.3, 0.4) is 0 Å². The van der Waals surface area contributed by atoms with Crippen molar-refractivity contribution in [3.8, 4) is 0 Å². The quantitative estimate of drug-likeness (QED) is 0.755. The molecule has 0 saturated carbocycles. The monoisotopic (exact) mass is 238 g/mol. The molecule has 6 nitrogen and oxygen atoms in total. The van der Waals surface area contributed by atoms with Crippen LogP contribution in [-0.4, -0.2) is 45.0 Å². The molecule has 2 N–H and O–H groups in total. The molecule has 0 aliphatic carbocycles. The second-order valence-corrected chi connectivity index (χ2v) is 4.61. The van der Waals surface area contributed by atoms with E-state index >= 15 is 0 Å². The maximum atomic E-state index is 11.9. The summed E-state index contributed by atoms with van der Waals surface area (Å²) in [4.78, 5) is 13.5. The number of nitrogens with one attached hydrogen (secondary N) is 1. The van der Waals surface area contributed by atoms with Gasteiger partial charge in [-0.1, -0.05) is 6.92 Å². The van der Waals surface area contributed by atoms with E-state index in [2.05, 4.69) is 10.4 Å². The largest absolute Gasteiger partial charge is 0.391 e. The number of nitrogens with zero attached hydrogens (tertiary/aromatic N) is 3. The van der Waals surface area contributed by atoms with E-state index in [1.54, 1.807) is 29.0 Å². The normalized spacial score (nSPS) is 24.8. The van der Waals surface area contributed by atoms with Gasteiger partial charge in [0.2, 0.25) is 0 Å². The molecule has 2 atom stereocenters. The lowest BCUT2D eigenvalue weighted by molar-refractivity contribution is 0.0464. The number of carbonyl (C=O) groups is 1. The summed E-state index contributed by atoms with van der Waals surface area (Å²) in [6.45, 7) is 3.08. The van der Waals surface area contributed by atoms with Crippen LogP contribution in [0.2, 0.25) is 0 Å². The summed E-state index contributed by atoms with van der Waals surface area (Å²) in [6.07, 6.45) is 3.74. The summed E-state index contributed by atoms with van der Waals surface area (Å²) in [5, 5.41) is 16.5. The fourth-order valence-electron chi connectivity index (χ4n) is 1.92. The van der Waals surface area contributed by atoms with E-state index in [4.69, 9.17) is 0 Å². The van der Waals surface area contributed by atoms with Crippen molar-refractivity contribution in [2.24, 2.45) is 13.0 Å². The number of hydrogen-bond donors (Lipinski definition) is 2. The van der Waals surface area contributed by atoms with Gasteiger partial charge in [0.05, 0.1) is 18.0 Å². The Hall–Kier alpha value is -1.56. The van der Waals surface area contributed by atoms with Crippen LogP contribution in [0.4, 0.5) is 10.5 Å². The number of aliphatic hydroxyl groups is 1. The van der Waals surface area contributed by atoms with Crippen molar-refractivity contribution in [2.75, 3.05) is 18.4 Å². The minimum Gasteiger partial charge on any atom is -0.391 e. The van der Waals surface area contributed by atoms with Crippen LogP contribution in [-0.2, 0) is 7.05 Å². The molecule has 1 saturated heterocycles. The van der Waals surface area contributed by atoms with Gasteiger partial charge < -0.3 is 15.3 Å². The average Bonchev–Trinajstić information content (AvgIpc) is 2.68. The lowest BCUT2D eigenvalue weighted by atomic mass is 9.96. The minimum atomic E-state index is -0.427. The third-order valence-electron chi connectivity index (χ3n) is 3.16. The Bertz CT molecular complexity index is 404. The predicted molar refractivity (Wildman–Crippen MR) is 63.6 cm³/mol. The highest BCUT2D eigenvalue weighted by atomic mass is 16.3. The molecule has 0 aromatic carbocycles. The molecule has 1 fully saturated rings. The highest BCUT2D eigenvalue weighted by Gasteiger charge is 2.27. The molecular weight excluding hydrogens is 220 g/mol. The number of β-amino-alcohol motifs (C(OH)–C–C–N with tert-alkyl or cyclic N) is 1. The van der Waals surface area contributed by atoms with Crippen molar-refractivity contribution in [1.29, 1.82) is 0 Å². The Morgan fingerprint density at radius 1 is 1.65 bits per heavy atom. The van der Waals surface area contributed by atoms with Crippen molar-refractivity contribution < 1.29 is 9.90 Å². The van der Waals surface area contributed by atoms with E-state index < -0.39 is 6.10 Å². The first-order chi connectivity index (χ1) is 8.06. The van der Waals surface area contributed by atoms with Crippen molar-refractivity contribution >= 4 is 11.7 Å². The molecule has 2 amide bonds. The SMILES string of the molecule is CC1CCN(C(=O)Nc2cnn(C)c2)CC1O. The lowest BCUT2D eigenvalue weighted by Gasteiger charge is -2.34. The summed E-state index contributed by atoms with van der Waals surface area (Å²) in [7, 11) is 1.79. The molecule has 17 heavy (non-hydrogen) atoms. The van der Waals surface area contributed by atoms with Gasteiger partial charge >= 0.3 is 6.03 Å². The maximum absolute atomic E-state index is 11.9. The third-order valence-corrected chi connectivity index (χ3v) is 3.16. The maximum Gasteiger partial charge on any atom is 0.322 e. The summed E-state index contributed by atoms with van der Waals surface area (Å²) in [5.41, 5.74) is 0.672. The van der Waals surface area contributed by atoms with Crippen LogP contribution < -0.4 is 5.32 Å². The second-order valence-electron chi connectivity index (χ2n) is 4.61. The predicted octanol–water partition coefficient (Wildman–Crippen LogP) is 0.655. The first-order valence-corrected chi connectivity index (χ1v) is 5.79. The van der Waals surface area contributed by atoms with E-state index in [1.807, 2.05) is 6.92 Å². The van der Waals surface area contributed by atoms with Crippen molar-refractivity contribution in [1.82, 2.24) is 14.7 Å². The molecule has 1 aliphatic rings. The fraction of sp³-hybridized carbons (Fsp3) is 0.636. The second kappa shape index (κ2) is 4.75. The minimum absolute atomic E-state index is 0.177. The molecule has 1 aromatic rings. The summed E-state index contributed by atoms with van der Waals surface area (Å²) in [6, 6.07) is -0.177. The number of hydrogen-bond acceptors (Lipinski definition) is 3. The standard InChI is InChI=1S/C11H18N4O2/c1-8-3-4-15(7-10(8)16)11(17)13-9-5-12-14(2)6-9/h5-6,8,10,16H,3-4,7H2,1-2H3,(H,13,17). The number of aliphatic hydroxyl groups excluding tert-OH is 1. The van der Waals surface area contributed by atoms with Crippen molar-refractivity contribution in [3.63, 3.8) is 0 Å². The number of aromatic nitrogens is 2. The zero-order valence-electron chi connectivity index (χ0n) is 10.1. The molecule has 1 aromatic heterocycles. The van der Waals surface area contributed by atoms with Crippen LogP contribution in [0, 0.1) is 5.92 Å². The number of likely N-dealkylation sites (tertiary alicyclic amines) is 1. The van der Waals surface area contributed by atoms with Crippen molar-refractivity contribution in [3.05, 3.63) is 12.4 Å². The number of rotatable bonds is 1. The Labute approximate surface area is 100 Å². The van der Waals surface area contributed by atoms with Gasteiger partial charge in [-0.3, -0.25) is 4.68 Å². The highest BCUT2D eigenvalue weighted by molar-refractivity contribution is 5.89. The smallest absolute Gasteiger partial charge is 0.322 e. The number of piperidine rings is 1. The lowest BCUT2D eigenvalue weighted by Crippen LogP contribution is -2.47. The average molecular weight is 238 g/mol. The molecule has 0 spiro atoms. The molecule has 2 unspecified atom stereocenters. The number of urea groups is 1. The Kier molecular flexibility index (Phi) is 3.33. The Balaban J connectivity index is 1.92. The zero-order valence-corrected chi connectivity index (χ0v) is 10.1. The molecular formula is C11H18N4O2. The first kappa shape index (κ1) is 11.9. The number of anilines is 1. The fourth-order valence-corrected chi connectivity index (χ4v) is 1.92. The van der Waals surface area contributed by atoms with Gasteiger partial charge in [0.1, 0.15) is 0 Å². The van der Waals surface area contributed by atoms with Gasteiger partial charge in [0, 0.05) is 26.3 Å². The van der Waals surface area contributed by atoms with Gasteiger partial charge in [0.25, 0.3) is 0 Å². The molecule has 0 bridgehead atoms. The Morgan fingerprint density at radius 3 is 3.00 bits per heavy atom.